The first kappa shape index (κ1) is 13.2. The Morgan fingerprint density at radius 2 is 2.05 bits per heavy atom. The van der Waals surface area contributed by atoms with Crippen molar-refractivity contribution in [2.24, 2.45) is 5.92 Å². The molecule has 1 aliphatic carbocycles. The Labute approximate surface area is 120 Å². The van der Waals surface area contributed by atoms with Gasteiger partial charge in [0.2, 0.25) is 0 Å². The third-order valence-corrected chi connectivity index (χ3v) is 4.31. The molecule has 3 rings (SSSR count). The molecule has 0 aromatic heterocycles. The summed E-state index contributed by atoms with van der Waals surface area (Å²) >= 11 is 6.05. The van der Waals surface area contributed by atoms with Gasteiger partial charge in [-0.15, -0.1) is 0 Å². The number of nitrogens with zero attached hydrogens (tertiary/aromatic N) is 1. The summed E-state index contributed by atoms with van der Waals surface area (Å²) in [6.07, 6.45) is 2.76. The lowest BCUT2D eigenvalue weighted by Gasteiger charge is -2.40. The molecule has 0 radical (unpaired) electrons. The summed E-state index contributed by atoms with van der Waals surface area (Å²) in [6, 6.07) is 11.7. The minimum atomic E-state index is 0.409. The summed E-state index contributed by atoms with van der Waals surface area (Å²) in [7, 11) is 0. The van der Waals surface area contributed by atoms with Crippen LogP contribution in [0.15, 0.2) is 41.9 Å². The fourth-order valence-corrected chi connectivity index (χ4v) is 3.20. The lowest BCUT2D eigenvalue weighted by Crippen LogP contribution is -2.53. The lowest BCUT2D eigenvalue weighted by atomic mass is 9.99. The monoisotopic (exact) mass is 276 g/mol. The van der Waals surface area contributed by atoms with E-state index in [1.165, 1.54) is 18.4 Å². The van der Waals surface area contributed by atoms with E-state index in [2.05, 4.69) is 47.1 Å². The summed E-state index contributed by atoms with van der Waals surface area (Å²) < 4.78 is 0. The molecule has 2 fully saturated rings. The molecule has 19 heavy (non-hydrogen) atoms. The first-order valence-electron chi connectivity index (χ1n) is 7.09. The largest absolute Gasteiger partial charge is 0.311 e. The molecule has 2 aliphatic rings. The minimum Gasteiger partial charge on any atom is -0.311 e. The van der Waals surface area contributed by atoms with Crippen LogP contribution in [0.3, 0.4) is 0 Å². The molecular weight excluding hydrogens is 256 g/mol. The Balaban J connectivity index is 1.75. The van der Waals surface area contributed by atoms with E-state index in [4.69, 9.17) is 11.6 Å². The Morgan fingerprint density at radius 1 is 1.32 bits per heavy atom. The third-order valence-electron chi connectivity index (χ3n) is 4.20. The van der Waals surface area contributed by atoms with Gasteiger partial charge >= 0.3 is 0 Å². The number of halogens is 1. The third kappa shape index (κ3) is 3.19. The molecule has 0 amide bonds. The molecule has 1 aromatic carbocycles. The number of hydrogen-bond acceptors (Lipinski definition) is 2. The van der Waals surface area contributed by atoms with E-state index in [1.54, 1.807) is 0 Å². The highest BCUT2D eigenvalue weighted by molar-refractivity contribution is 6.29. The van der Waals surface area contributed by atoms with Gasteiger partial charge in [-0.05, 0) is 24.3 Å². The fourth-order valence-electron chi connectivity index (χ4n) is 3.05. The molecule has 1 N–H and O–H groups in total. The van der Waals surface area contributed by atoms with Crippen molar-refractivity contribution in [1.82, 2.24) is 10.2 Å². The first-order valence-corrected chi connectivity index (χ1v) is 7.47. The van der Waals surface area contributed by atoms with Crippen LogP contribution in [-0.2, 0) is 0 Å². The van der Waals surface area contributed by atoms with Crippen molar-refractivity contribution < 1.29 is 0 Å². The van der Waals surface area contributed by atoms with Crippen molar-refractivity contribution in [1.29, 1.82) is 0 Å². The minimum absolute atomic E-state index is 0.409. The van der Waals surface area contributed by atoms with E-state index in [9.17, 15) is 0 Å². The molecule has 2 nitrogen and oxygen atoms in total. The summed E-state index contributed by atoms with van der Waals surface area (Å²) in [5.74, 6) is 0.878. The van der Waals surface area contributed by atoms with Crippen LogP contribution in [0, 0.1) is 5.92 Å². The highest BCUT2D eigenvalue weighted by Gasteiger charge is 2.37. The smallest absolute Gasteiger partial charge is 0.0477 e. The number of nitrogens with one attached hydrogen (secondary N) is 1. The van der Waals surface area contributed by atoms with Crippen molar-refractivity contribution >= 4 is 11.6 Å². The normalized spacial score (nSPS) is 28.3. The molecule has 1 heterocycles. The molecule has 0 bridgehead atoms. The number of hydrogen-bond donors (Lipinski definition) is 1. The average molecular weight is 277 g/mol. The van der Waals surface area contributed by atoms with Gasteiger partial charge in [-0.3, -0.25) is 4.90 Å². The van der Waals surface area contributed by atoms with Gasteiger partial charge < -0.3 is 5.32 Å². The van der Waals surface area contributed by atoms with Gasteiger partial charge in [-0.25, -0.2) is 0 Å². The zero-order valence-electron chi connectivity index (χ0n) is 11.2. The second-order valence-corrected chi connectivity index (χ2v) is 6.26. The van der Waals surface area contributed by atoms with Crippen LogP contribution in [-0.4, -0.2) is 30.6 Å². The van der Waals surface area contributed by atoms with Gasteiger partial charge in [-0.2, -0.15) is 0 Å². The van der Waals surface area contributed by atoms with Crippen LogP contribution in [0.25, 0.3) is 0 Å². The molecule has 0 spiro atoms. The topological polar surface area (TPSA) is 15.3 Å². The number of piperazine rings is 1. The second-order valence-electron chi connectivity index (χ2n) is 5.73. The van der Waals surface area contributed by atoms with E-state index < -0.39 is 0 Å². The van der Waals surface area contributed by atoms with E-state index in [0.717, 1.165) is 30.6 Å². The second kappa shape index (κ2) is 5.66. The average Bonchev–Trinajstić information content (AvgIpc) is 3.23. The highest BCUT2D eigenvalue weighted by Crippen LogP contribution is 2.36. The predicted molar refractivity (Wildman–Crippen MR) is 80.3 cm³/mol. The van der Waals surface area contributed by atoms with Gasteiger partial charge in [-0.1, -0.05) is 48.5 Å². The quantitative estimate of drug-likeness (QED) is 0.909. The Kier molecular flexibility index (Phi) is 3.92. The zero-order valence-corrected chi connectivity index (χ0v) is 11.9. The molecule has 102 valence electrons. The maximum atomic E-state index is 6.05. The summed E-state index contributed by atoms with van der Waals surface area (Å²) in [5, 5.41) is 4.45. The van der Waals surface area contributed by atoms with Crippen molar-refractivity contribution in [3.8, 4) is 0 Å². The standard InChI is InChI=1S/C16H21ClN2/c1-12(17)10-19-11-15(13-7-8-13)18-9-16(19)14-5-3-2-4-6-14/h2-6,13,15-16,18H,1,7-11H2. The predicted octanol–water partition coefficient (Wildman–Crippen LogP) is 3.16. The van der Waals surface area contributed by atoms with E-state index >= 15 is 0 Å². The van der Waals surface area contributed by atoms with Crippen molar-refractivity contribution in [2.45, 2.75) is 24.9 Å². The summed E-state index contributed by atoms with van der Waals surface area (Å²) in [4.78, 5) is 2.48. The first-order chi connectivity index (χ1) is 9.24. The van der Waals surface area contributed by atoms with Gasteiger partial charge in [0.15, 0.2) is 0 Å². The molecule has 1 saturated heterocycles. The molecule has 1 aromatic rings. The van der Waals surface area contributed by atoms with Crippen LogP contribution < -0.4 is 5.32 Å². The maximum absolute atomic E-state index is 6.05. The van der Waals surface area contributed by atoms with E-state index in [0.29, 0.717) is 12.1 Å². The molecular formula is C16H21ClN2. The Bertz CT molecular complexity index is 441. The fraction of sp³-hybridized carbons (Fsp3) is 0.500. The summed E-state index contributed by atoms with van der Waals surface area (Å²) in [5.41, 5.74) is 1.36. The molecule has 1 saturated carbocycles. The van der Waals surface area contributed by atoms with Crippen LogP contribution in [0.4, 0.5) is 0 Å². The van der Waals surface area contributed by atoms with Crippen molar-refractivity contribution in [3.05, 3.63) is 47.5 Å². The zero-order chi connectivity index (χ0) is 13.2. The van der Waals surface area contributed by atoms with Crippen molar-refractivity contribution in [2.75, 3.05) is 19.6 Å². The number of rotatable bonds is 4. The Hall–Kier alpha value is -0.830. The van der Waals surface area contributed by atoms with Crippen LogP contribution >= 0.6 is 11.6 Å². The van der Waals surface area contributed by atoms with Gasteiger partial charge in [0.05, 0.1) is 0 Å². The number of benzene rings is 1. The van der Waals surface area contributed by atoms with E-state index in [-0.39, 0.29) is 0 Å². The molecule has 2 atom stereocenters. The highest BCUT2D eigenvalue weighted by atomic mass is 35.5. The van der Waals surface area contributed by atoms with Crippen LogP contribution in [0.2, 0.25) is 0 Å². The molecule has 1 aliphatic heterocycles. The van der Waals surface area contributed by atoms with Gasteiger partial charge in [0, 0.05) is 36.8 Å². The summed E-state index contributed by atoms with van der Waals surface area (Å²) in [6.45, 7) is 6.74. The van der Waals surface area contributed by atoms with Gasteiger partial charge in [0.1, 0.15) is 0 Å². The van der Waals surface area contributed by atoms with Crippen LogP contribution in [0.1, 0.15) is 24.4 Å². The van der Waals surface area contributed by atoms with Crippen molar-refractivity contribution in [3.63, 3.8) is 0 Å². The van der Waals surface area contributed by atoms with E-state index in [1.807, 2.05) is 0 Å². The Morgan fingerprint density at radius 3 is 2.68 bits per heavy atom. The SMILES string of the molecule is C=C(Cl)CN1CC(C2CC2)NCC1c1ccccc1. The van der Waals surface area contributed by atoms with Crippen LogP contribution in [0.5, 0.6) is 0 Å². The van der Waals surface area contributed by atoms with Gasteiger partial charge in [0.25, 0.3) is 0 Å². The molecule has 2 unspecified atom stereocenters. The lowest BCUT2D eigenvalue weighted by molar-refractivity contribution is 0.136. The molecule has 3 heteroatoms. The maximum Gasteiger partial charge on any atom is 0.0477 e.